The van der Waals surface area contributed by atoms with E-state index in [9.17, 15) is 0 Å². The monoisotopic (exact) mass is 292 g/mol. The van der Waals surface area contributed by atoms with Crippen LogP contribution in [0, 0.1) is 20.8 Å². The van der Waals surface area contributed by atoms with Gasteiger partial charge in [-0.15, -0.1) is 0 Å². The van der Waals surface area contributed by atoms with Gasteiger partial charge < -0.3 is 5.32 Å². The van der Waals surface area contributed by atoms with Crippen LogP contribution < -0.4 is 5.32 Å². The molecule has 0 bridgehead atoms. The van der Waals surface area contributed by atoms with E-state index in [1.54, 1.807) is 6.20 Å². The summed E-state index contributed by atoms with van der Waals surface area (Å²) in [7, 11) is 0. The first kappa shape index (κ1) is 14.3. The number of pyridine rings is 1. The van der Waals surface area contributed by atoms with Gasteiger partial charge in [0.15, 0.2) is 0 Å². The first-order valence-electron chi connectivity index (χ1n) is 7.41. The molecule has 0 amide bonds. The Morgan fingerprint density at radius 3 is 2.64 bits per heavy atom. The van der Waals surface area contributed by atoms with Crippen molar-refractivity contribution >= 4 is 5.69 Å². The molecule has 2 heterocycles. The molecular weight excluding hydrogens is 272 g/mol. The Kier molecular flexibility index (Phi) is 3.92. The summed E-state index contributed by atoms with van der Waals surface area (Å²) < 4.78 is 1.87. The molecular formula is C18H20N4. The lowest BCUT2D eigenvalue weighted by Gasteiger charge is -2.13. The van der Waals surface area contributed by atoms with Gasteiger partial charge in [-0.05, 0) is 62.2 Å². The third-order valence-electron chi connectivity index (χ3n) is 3.78. The van der Waals surface area contributed by atoms with Crippen molar-refractivity contribution < 1.29 is 0 Å². The second-order valence-electron chi connectivity index (χ2n) is 5.50. The van der Waals surface area contributed by atoms with Gasteiger partial charge >= 0.3 is 0 Å². The van der Waals surface area contributed by atoms with E-state index < -0.39 is 0 Å². The summed E-state index contributed by atoms with van der Waals surface area (Å²) in [6, 6.07) is 12.4. The van der Waals surface area contributed by atoms with Crippen LogP contribution in [0.5, 0.6) is 0 Å². The molecule has 2 aromatic heterocycles. The summed E-state index contributed by atoms with van der Waals surface area (Å²) in [6.07, 6.45) is 3.73. The Hall–Kier alpha value is -2.62. The number of benzene rings is 1. The van der Waals surface area contributed by atoms with Crippen LogP contribution in [-0.4, -0.2) is 14.8 Å². The molecule has 3 aromatic rings. The lowest BCUT2D eigenvalue weighted by Crippen LogP contribution is -2.05. The fraction of sp³-hybridized carbons (Fsp3) is 0.222. The van der Waals surface area contributed by atoms with Gasteiger partial charge in [-0.25, -0.2) is 4.68 Å². The number of aromatic nitrogens is 3. The third-order valence-corrected chi connectivity index (χ3v) is 3.78. The Balaban J connectivity index is 1.75. The smallest absolute Gasteiger partial charge is 0.0649 e. The predicted octanol–water partition coefficient (Wildman–Crippen LogP) is 3.80. The van der Waals surface area contributed by atoms with E-state index >= 15 is 0 Å². The highest BCUT2D eigenvalue weighted by molar-refractivity contribution is 5.55. The van der Waals surface area contributed by atoms with Crippen molar-refractivity contribution in [3.63, 3.8) is 0 Å². The van der Waals surface area contributed by atoms with Crippen molar-refractivity contribution in [3.8, 4) is 5.69 Å². The number of aryl methyl sites for hydroxylation is 3. The molecule has 0 atom stereocenters. The first-order valence-corrected chi connectivity index (χ1v) is 7.41. The topological polar surface area (TPSA) is 42.7 Å². The van der Waals surface area contributed by atoms with Gasteiger partial charge in [-0.2, -0.15) is 5.10 Å². The molecule has 0 aliphatic rings. The number of anilines is 1. The molecule has 112 valence electrons. The molecule has 0 unspecified atom stereocenters. The normalized spacial score (nSPS) is 10.7. The second-order valence-corrected chi connectivity index (χ2v) is 5.50. The van der Waals surface area contributed by atoms with Crippen LogP contribution in [0.2, 0.25) is 0 Å². The van der Waals surface area contributed by atoms with Crippen LogP contribution in [0.4, 0.5) is 5.69 Å². The van der Waals surface area contributed by atoms with Crippen LogP contribution in [0.1, 0.15) is 22.5 Å². The van der Waals surface area contributed by atoms with Crippen molar-refractivity contribution in [1.29, 1.82) is 0 Å². The molecule has 0 aliphatic carbocycles. The molecule has 3 rings (SSSR count). The van der Waals surface area contributed by atoms with Gasteiger partial charge in [0.1, 0.15) is 0 Å². The molecule has 4 nitrogen and oxygen atoms in total. The maximum Gasteiger partial charge on any atom is 0.0649 e. The van der Waals surface area contributed by atoms with E-state index in [0.29, 0.717) is 0 Å². The Bertz CT molecular complexity index is 776. The zero-order chi connectivity index (χ0) is 15.5. The van der Waals surface area contributed by atoms with Crippen LogP contribution in [0.3, 0.4) is 0 Å². The van der Waals surface area contributed by atoms with E-state index in [2.05, 4.69) is 59.6 Å². The lowest BCUT2D eigenvalue weighted by atomic mass is 10.1. The highest BCUT2D eigenvalue weighted by Gasteiger charge is 2.04. The van der Waals surface area contributed by atoms with Gasteiger partial charge in [0, 0.05) is 36.0 Å². The molecule has 1 aromatic carbocycles. The SMILES string of the molecule is Cc1ccc(CNc2ccc(-n3cccn3)cc2C)c(C)n1. The number of rotatable bonds is 4. The van der Waals surface area contributed by atoms with Gasteiger partial charge in [0.25, 0.3) is 0 Å². The first-order chi connectivity index (χ1) is 10.6. The summed E-state index contributed by atoms with van der Waals surface area (Å²) in [5, 5.41) is 7.75. The fourth-order valence-electron chi connectivity index (χ4n) is 2.50. The Labute approximate surface area is 130 Å². The van der Waals surface area contributed by atoms with Crippen molar-refractivity contribution in [2.75, 3.05) is 5.32 Å². The molecule has 0 radical (unpaired) electrons. The molecule has 0 spiro atoms. The van der Waals surface area contributed by atoms with E-state index in [0.717, 1.165) is 29.3 Å². The Morgan fingerprint density at radius 2 is 1.95 bits per heavy atom. The van der Waals surface area contributed by atoms with E-state index in [1.165, 1.54) is 11.1 Å². The fourth-order valence-corrected chi connectivity index (χ4v) is 2.50. The van der Waals surface area contributed by atoms with Crippen LogP contribution in [0.15, 0.2) is 48.8 Å². The van der Waals surface area contributed by atoms with Gasteiger partial charge in [-0.3, -0.25) is 4.98 Å². The van der Waals surface area contributed by atoms with Gasteiger partial charge in [0.05, 0.1) is 5.69 Å². The van der Waals surface area contributed by atoms with Crippen molar-refractivity contribution in [3.05, 3.63) is 71.3 Å². The number of nitrogens with zero attached hydrogens (tertiary/aromatic N) is 3. The quantitative estimate of drug-likeness (QED) is 0.795. The maximum atomic E-state index is 4.50. The second kappa shape index (κ2) is 6.02. The highest BCUT2D eigenvalue weighted by Crippen LogP contribution is 2.20. The van der Waals surface area contributed by atoms with Crippen molar-refractivity contribution in [2.45, 2.75) is 27.3 Å². The summed E-state index contributed by atoms with van der Waals surface area (Å²) in [4.78, 5) is 4.50. The molecule has 0 saturated carbocycles. The maximum absolute atomic E-state index is 4.50. The van der Waals surface area contributed by atoms with Crippen molar-refractivity contribution in [1.82, 2.24) is 14.8 Å². The van der Waals surface area contributed by atoms with Gasteiger partial charge in [0.2, 0.25) is 0 Å². The van der Waals surface area contributed by atoms with Crippen LogP contribution in [0.25, 0.3) is 5.69 Å². The minimum atomic E-state index is 0.779. The van der Waals surface area contributed by atoms with E-state index in [4.69, 9.17) is 0 Å². The number of hydrogen-bond acceptors (Lipinski definition) is 3. The zero-order valence-electron chi connectivity index (χ0n) is 13.2. The molecule has 0 saturated heterocycles. The summed E-state index contributed by atoms with van der Waals surface area (Å²) in [5.74, 6) is 0. The average molecular weight is 292 g/mol. The number of nitrogens with one attached hydrogen (secondary N) is 1. The average Bonchev–Trinajstić information content (AvgIpc) is 3.02. The molecule has 0 aliphatic heterocycles. The van der Waals surface area contributed by atoms with E-state index in [-0.39, 0.29) is 0 Å². The van der Waals surface area contributed by atoms with Crippen molar-refractivity contribution in [2.24, 2.45) is 0 Å². The molecule has 22 heavy (non-hydrogen) atoms. The standard InChI is InChI=1S/C18H20N4/c1-13-11-17(22-10-4-9-20-22)7-8-18(13)19-12-16-6-5-14(2)21-15(16)3/h4-11,19H,12H2,1-3H3. The predicted molar refractivity (Wildman–Crippen MR) is 89.3 cm³/mol. The Morgan fingerprint density at radius 1 is 1.09 bits per heavy atom. The minimum Gasteiger partial charge on any atom is -0.381 e. The summed E-state index contributed by atoms with van der Waals surface area (Å²) >= 11 is 0. The number of hydrogen-bond donors (Lipinski definition) is 1. The van der Waals surface area contributed by atoms with E-state index in [1.807, 2.05) is 23.9 Å². The van der Waals surface area contributed by atoms with Crippen LogP contribution in [-0.2, 0) is 6.54 Å². The minimum absolute atomic E-state index is 0.779. The zero-order valence-corrected chi connectivity index (χ0v) is 13.2. The lowest BCUT2D eigenvalue weighted by molar-refractivity contribution is 0.879. The largest absolute Gasteiger partial charge is 0.381 e. The third kappa shape index (κ3) is 3.01. The molecule has 0 fully saturated rings. The summed E-state index contributed by atoms with van der Waals surface area (Å²) in [5.41, 5.74) is 6.77. The molecule has 4 heteroatoms. The van der Waals surface area contributed by atoms with Crippen LogP contribution >= 0.6 is 0 Å². The van der Waals surface area contributed by atoms with Gasteiger partial charge in [-0.1, -0.05) is 6.07 Å². The summed E-state index contributed by atoms with van der Waals surface area (Å²) in [6.45, 7) is 6.96. The highest BCUT2D eigenvalue weighted by atomic mass is 15.3. The molecule has 1 N–H and O–H groups in total.